The van der Waals surface area contributed by atoms with Crippen LogP contribution in [0.25, 0.3) is 0 Å². The van der Waals surface area contributed by atoms with Crippen molar-refractivity contribution < 1.29 is 4.79 Å². The average molecular weight is 339 g/mol. The van der Waals surface area contributed by atoms with Crippen molar-refractivity contribution in [3.05, 3.63) is 16.5 Å². The average Bonchev–Trinajstić information content (AvgIpc) is 2.80. The molecule has 0 spiro atoms. The van der Waals surface area contributed by atoms with Gasteiger partial charge in [0, 0.05) is 25.1 Å². The van der Waals surface area contributed by atoms with E-state index in [1.54, 1.807) is 0 Å². The van der Waals surface area contributed by atoms with Crippen LogP contribution >= 0.6 is 15.9 Å². The van der Waals surface area contributed by atoms with Crippen molar-refractivity contribution in [3.8, 4) is 0 Å². The molecule has 2 aliphatic rings. The number of nitrogens with zero attached hydrogens (tertiary/aromatic N) is 3. The SMILES string of the molecule is CC(C)c1nc(Br)cc(N2CCCC3C(=O)NCC32)n1. The third kappa shape index (κ3) is 2.41. The molecule has 108 valence electrons. The van der Waals surface area contributed by atoms with Crippen LogP contribution < -0.4 is 10.2 Å². The molecular weight excluding hydrogens is 320 g/mol. The van der Waals surface area contributed by atoms with Crippen LogP contribution in [0.3, 0.4) is 0 Å². The Labute approximate surface area is 127 Å². The van der Waals surface area contributed by atoms with Gasteiger partial charge in [0.05, 0.1) is 12.0 Å². The van der Waals surface area contributed by atoms with Gasteiger partial charge in [0.2, 0.25) is 5.91 Å². The van der Waals surface area contributed by atoms with E-state index in [1.165, 1.54) is 0 Å². The second-order valence-electron chi connectivity index (χ2n) is 5.82. The number of aromatic nitrogens is 2. The first kappa shape index (κ1) is 13.8. The monoisotopic (exact) mass is 338 g/mol. The molecule has 0 bridgehead atoms. The fourth-order valence-electron chi connectivity index (χ4n) is 3.06. The molecule has 0 aromatic carbocycles. The van der Waals surface area contributed by atoms with Crippen molar-refractivity contribution in [1.29, 1.82) is 0 Å². The highest BCUT2D eigenvalue weighted by Crippen LogP contribution is 2.32. The quantitative estimate of drug-likeness (QED) is 0.838. The topological polar surface area (TPSA) is 58.1 Å². The highest BCUT2D eigenvalue weighted by molar-refractivity contribution is 9.10. The lowest BCUT2D eigenvalue weighted by atomic mass is 9.91. The number of halogens is 1. The number of amides is 1. The molecule has 2 unspecified atom stereocenters. The summed E-state index contributed by atoms with van der Waals surface area (Å²) in [6, 6.07) is 2.19. The maximum atomic E-state index is 11.8. The van der Waals surface area contributed by atoms with Gasteiger partial charge < -0.3 is 10.2 Å². The molecule has 20 heavy (non-hydrogen) atoms. The van der Waals surface area contributed by atoms with E-state index in [1.807, 2.05) is 6.07 Å². The summed E-state index contributed by atoms with van der Waals surface area (Å²) in [5.74, 6) is 2.36. The van der Waals surface area contributed by atoms with E-state index >= 15 is 0 Å². The number of hydrogen-bond acceptors (Lipinski definition) is 4. The molecule has 1 N–H and O–H groups in total. The van der Waals surface area contributed by atoms with Crippen LogP contribution in [0.1, 0.15) is 38.4 Å². The van der Waals surface area contributed by atoms with Crippen LogP contribution in [-0.4, -0.2) is 35.0 Å². The van der Waals surface area contributed by atoms with Crippen molar-refractivity contribution in [2.45, 2.75) is 38.6 Å². The number of carbonyl (C=O) groups is 1. The lowest BCUT2D eigenvalue weighted by molar-refractivity contribution is -0.122. The molecule has 6 heteroatoms. The maximum Gasteiger partial charge on any atom is 0.225 e. The smallest absolute Gasteiger partial charge is 0.225 e. The number of fused-ring (bicyclic) bond motifs is 1. The normalized spacial score (nSPS) is 25.8. The summed E-state index contributed by atoms with van der Waals surface area (Å²) in [4.78, 5) is 23.2. The van der Waals surface area contributed by atoms with E-state index in [9.17, 15) is 4.79 Å². The Kier molecular flexibility index (Phi) is 3.67. The van der Waals surface area contributed by atoms with Gasteiger partial charge in [-0.15, -0.1) is 0 Å². The van der Waals surface area contributed by atoms with Gasteiger partial charge in [0.1, 0.15) is 16.2 Å². The molecule has 0 aliphatic carbocycles. The van der Waals surface area contributed by atoms with Crippen LogP contribution in [0.5, 0.6) is 0 Å². The first-order valence-electron chi connectivity index (χ1n) is 7.15. The molecule has 0 radical (unpaired) electrons. The van der Waals surface area contributed by atoms with Crippen LogP contribution in [0.15, 0.2) is 10.7 Å². The minimum absolute atomic E-state index is 0.111. The number of hydrogen-bond donors (Lipinski definition) is 1. The van der Waals surface area contributed by atoms with E-state index in [4.69, 9.17) is 0 Å². The number of nitrogens with one attached hydrogen (secondary N) is 1. The van der Waals surface area contributed by atoms with Gasteiger partial charge in [-0.25, -0.2) is 9.97 Å². The zero-order valence-electron chi connectivity index (χ0n) is 11.8. The molecule has 5 nitrogen and oxygen atoms in total. The Balaban J connectivity index is 1.94. The summed E-state index contributed by atoms with van der Waals surface area (Å²) in [5.41, 5.74) is 0. The van der Waals surface area contributed by atoms with Crippen molar-refractivity contribution in [2.24, 2.45) is 5.92 Å². The van der Waals surface area contributed by atoms with Crippen LogP contribution in [0.4, 0.5) is 5.82 Å². The molecule has 0 saturated carbocycles. The van der Waals surface area contributed by atoms with Crippen molar-refractivity contribution >= 4 is 27.7 Å². The number of piperidine rings is 1. The molecule has 3 heterocycles. The van der Waals surface area contributed by atoms with Gasteiger partial charge in [-0.3, -0.25) is 4.79 Å². The molecule has 1 aromatic heterocycles. The van der Waals surface area contributed by atoms with Crippen molar-refractivity contribution in [2.75, 3.05) is 18.0 Å². The lowest BCUT2D eigenvalue weighted by Gasteiger charge is -2.37. The first-order valence-corrected chi connectivity index (χ1v) is 7.94. The minimum atomic E-state index is 0.111. The largest absolute Gasteiger partial charge is 0.354 e. The molecule has 1 aromatic rings. The van der Waals surface area contributed by atoms with Gasteiger partial charge >= 0.3 is 0 Å². The fourth-order valence-corrected chi connectivity index (χ4v) is 3.45. The van der Waals surface area contributed by atoms with E-state index in [2.05, 4.69) is 50.0 Å². The molecule has 1 amide bonds. The molecule has 2 aliphatic heterocycles. The highest BCUT2D eigenvalue weighted by atomic mass is 79.9. The summed E-state index contributed by atoms with van der Waals surface area (Å²) in [7, 11) is 0. The van der Waals surface area contributed by atoms with E-state index in [0.717, 1.165) is 42.2 Å². The van der Waals surface area contributed by atoms with Crippen molar-refractivity contribution in [1.82, 2.24) is 15.3 Å². The number of anilines is 1. The lowest BCUT2D eigenvalue weighted by Crippen LogP contribution is -2.46. The van der Waals surface area contributed by atoms with Crippen LogP contribution in [-0.2, 0) is 4.79 Å². The van der Waals surface area contributed by atoms with E-state index in [-0.39, 0.29) is 23.8 Å². The second kappa shape index (κ2) is 5.31. The zero-order valence-corrected chi connectivity index (χ0v) is 13.4. The van der Waals surface area contributed by atoms with Crippen LogP contribution in [0, 0.1) is 5.92 Å². The Bertz CT molecular complexity index is 534. The molecule has 3 rings (SSSR count). The predicted molar refractivity (Wildman–Crippen MR) is 80.7 cm³/mol. The Hall–Kier alpha value is -1.17. The summed E-state index contributed by atoms with van der Waals surface area (Å²) < 4.78 is 0.811. The Morgan fingerprint density at radius 1 is 1.45 bits per heavy atom. The van der Waals surface area contributed by atoms with E-state index in [0.29, 0.717) is 0 Å². The molecular formula is C14H19BrN4O. The standard InChI is InChI=1S/C14H19BrN4O/c1-8(2)13-17-11(15)6-12(18-13)19-5-3-4-9-10(19)7-16-14(9)20/h6,8-10H,3-5,7H2,1-2H3,(H,16,20). The summed E-state index contributed by atoms with van der Waals surface area (Å²) in [6.07, 6.45) is 2.02. The van der Waals surface area contributed by atoms with Gasteiger partial charge in [-0.1, -0.05) is 13.8 Å². The summed E-state index contributed by atoms with van der Waals surface area (Å²) in [5, 5.41) is 2.98. The third-order valence-electron chi connectivity index (χ3n) is 4.11. The summed E-state index contributed by atoms with van der Waals surface area (Å²) >= 11 is 3.47. The van der Waals surface area contributed by atoms with Gasteiger partial charge in [-0.2, -0.15) is 0 Å². The molecule has 2 atom stereocenters. The first-order chi connectivity index (χ1) is 9.56. The maximum absolute atomic E-state index is 11.8. The second-order valence-corrected chi connectivity index (χ2v) is 6.63. The van der Waals surface area contributed by atoms with Gasteiger partial charge in [0.15, 0.2) is 0 Å². The molecule has 2 saturated heterocycles. The van der Waals surface area contributed by atoms with E-state index < -0.39 is 0 Å². The molecule has 2 fully saturated rings. The van der Waals surface area contributed by atoms with Crippen LogP contribution in [0.2, 0.25) is 0 Å². The van der Waals surface area contributed by atoms with Gasteiger partial charge in [0.25, 0.3) is 0 Å². The van der Waals surface area contributed by atoms with Crippen molar-refractivity contribution in [3.63, 3.8) is 0 Å². The van der Waals surface area contributed by atoms with Gasteiger partial charge in [-0.05, 0) is 28.8 Å². The Morgan fingerprint density at radius 2 is 2.25 bits per heavy atom. The zero-order chi connectivity index (χ0) is 14.3. The highest BCUT2D eigenvalue weighted by Gasteiger charge is 2.41. The number of rotatable bonds is 2. The third-order valence-corrected chi connectivity index (χ3v) is 4.52. The number of carbonyl (C=O) groups excluding carboxylic acids is 1. The summed E-state index contributed by atoms with van der Waals surface area (Å²) in [6.45, 7) is 5.86. The fraction of sp³-hybridized carbons (Fsp3) is 0.643. The minimum Gasteiger partial charge on any atom is -0.354 e. The Morgan fingerprint density at radius 3 is 3.00 bits per heavy atom. The predicted octanol–water partition coefficient (Wildman–Crippen LogP) is 2.08.